The normalized spacial score (nSPS) is 10.6. The molecule has 0 saturated heterocycles. The van der Waals surface area contributed by atoms with Gasteiger partial charge in [-0.2, -0.15) is 0 Å². The predicted molar refractivity (Wildman–Crippen MR) is 102 cm³/mol. The van der Waals surface area contributed by atoms with Gasteiger partial charge in [0.05, 0.1) is 13.1 Å². The van der Waals surface area contributed by atoms with E-state index in [-0.39, 0.29) is 24.9 Å². The van der Waals surface area contributed by atoms with E-state index in [0.717, 1.165) is 16.8 Å². The summed E-state index contributed by atoms with van der Waals surface area (Å²) >= 11 is 6.04. The number of benzene rings is 2. The number of nitrogens with zero attached hydrogens (tertiary/aromatic N) is 1. The number of aryl methyl sites for hydroxylation is 2. The molecule has 0 spiro atoms. The zero-order valence-corrected chi connectivity index (χ0v) is 15.4. The predicted octanol–water partition coefficient (Wildman–Crippen LogP) is 3.47. The number of anilines is 2. The molecule has 25 heavy (non-hydrogen) atoms. The number of rotatable bonds is 6. The van der Waals surface area contributed by atoms with Crippen molar-refractivity contribution in [3.05, 3.63) is 58.6 Å². The molecule has 0 aliphatic heterocycles. The smallest absolute Gasteiger partial charge is 0.238 e. The number of hydrogen-bond acceptors (Lipinski definition) is 3. The Morgan fingerprint density at radius 1 is 0.920 bits per heavy atom. The minimum absolute atomic E-state index is 0.104. The van der Waals surface area contributed by atoms with Crippen LogP contribution in [0, 0.1) is 13.8 Å². The highest BCUT2D eigenvalue weighted by molar-refractivity contribution is 6.31. The van der Waals surface area contributed by atoms with Crippen LogP contribution in [0.3, 0.4) is 0 Å². The number of likely N-dealkylation sites (N-methyl/N-ethyl adjacent to an activating group) is 1. The largest absolute Gasteiger partial charge is 0.325 e. The molecule has 0 fully saturated rings. The van der Waals surface area contributed by atoms with E-state index in [1.807, 2.05) is 44.2 Å². The fraction of sp³-hybridized carbons (Fsp3) is 0.263. The Morgan fingerprint density at radius 2 is 1.44 bits per heavy atom. The van der Waals surface area contributed by atoms with E-state index in [2.05, 4.69) is 10.6 Å². The lowest BCUT2D eigenvalue weighted by Crippen LogP contribution is -2.36. The van der Waals surface area contributed by atoms with Crippen molar-refractivity contribution in [1.29, 1.82) is 0 Å². The zero-order valence-electron chi connectivity index (χ0n) is 14.6. The van der Waals surface area contributed by atoms with Crippen molar-refractivity contribution in [3.63, 3.8) is 0 Å². The van der Waals surface area contributed by atoms with E-state index in [0.29, 0.717) is 10.7 Å². The van der Waals surface area contributed by atoms with Gasteiger partial charge in [0.1, 0.15) is 0 Å². The highest BCUT2D eigenvalue weighted by Crippen LogP contribution is 2.19. The van der Waals surface area contributed by atoms with E-state index >= 15 is 0 Å². The van der Waals surface area contributed by atoms with Crippen molar-refractivity contribution < 1.29 is 9.59 Å². The molecule has 0 saturated carbocycles. The molecule has 0 aromatic heterocycles. The number of carbonyl (C=O) groups excluding carboxylic acids is 2. The highest BCUT2D eigenvalue weighted by atomic mass is 35.5. The van der Waals surface area contributed by atoms with Gasteiger partial charge in [-0.15, -0.1) is 0 Å². The molecule has 2 rings (SSSR count). The van der Waals surface area contributed by atoms with Crippen LogP contribution in [0.25, 0.3) is 0 Å². The molecular weight excluding hydrogens is 338 g/mol. The molecule has 0 aliphatic carbocycles. The molecule has 2 aromatic rings. The second-order valence-electron chi connectivity index (χ2n) is 6.10. The average Bonchev–Trinajstić information content (AvgIpc) is 2.52. The first-order valence-corrected chi connectivity index (χ1v) is 8.32. The molecular formula is C19H22ClN3O2. The Hall–Kier alpha value is -2.37. The maximum atomic E-state index is 12.1. The van der Waals surface area contributed by atoms with E-state index in [1.54, 1.807) is 24.1 Å². The Kier molecular flexibility index (Phi) is 6.56. The zero-order chi connectivity index (χ0) is 18.4. The minimum Gasteiger partial charge on any atom is -0.325 e. The van der Waals surface area contributed by atoms with Gasteiger partial charge in [-0.05, 0) is 50.7 Å². The maximum absolute atomic E-state index is 12.1. The molecule has 132 valence electrons. The van der Waals surface area contributed by atoms with Crippen molar-refractivity contribution in [1.82, 2.24) is 4.90 Å². The average molecular weight is 360 g/mol. The van der Waals surface area contributed by atoms with Gasteiger partial charge >= 0.3 is 0 Å². The van der Waals surface area contributed by atoms with Gasteiger partial charge in [0.2, 0.25) is 11.8 Å². The first kappa shape index (κ1) is 19.0. The summed E-state index contributed by atoms with van der Waals surface area (Å²) in [5.41, 5.74) is 3.45. The molecule has 5 nitrogen and oxygen atoms in total. The molecule has 2 N–H and O–H groups in total. The topological polar surface area (TPSA) is 61.4 Å². The second-order valence-corrected chi connectivity index (χ2v) is 6.51. The first-order valence-electron chi connectivity index (χ1n) is 7.94. The summed E-state index contributed by atoms with van der Waals surface area (Å²) in [5, 5.41) is 6.18. The highest BCUT2D eigenvalue weighted by Gasteiger charge is 2.11. The third kappa shape index (κ3) is 6.21. The summed E-state index contributed by atoms with van der Waals surface area (Å²) in [6.45, 7) is 4.11. The van der Waals surface area contributed by atoms with Crippen LogP contribution < -0.4 is 10.6 Å². The quantitative estimate of drug-likeness (QED) is 0.830. The molecule has 0 bridgehead atoms. The number of nitrogens with one attached hydrogen (secondary N) is 2. The Labute approximate surface area is 153 Å². The van der Waals surface area contributed by atoms with Gasteiger partial charge in [0.15, 0.2) is 0 Å². The fourth-order valence-corrected chi connectivity index (χ4v) is 2.44. The molecule has 0 heterocycles. The van der Waals surface area contributed by atoms with Gasteiger partial charge < -0.3 is 10.6 Å². The Balaban J connectivity index is 1.81. The molecule has 2 amide bonds. The molecule has 0 atom stereocenters. The van der Waals surface area contributed by atoms with Gasteiger partial charge in [-0.1, -0.05) is 35.4 Å². The third-order valence-corrected chi connectivity index (χ3v) is 4.03. The van der Waals surface area contributed by atoms with Crippen LogP contribution in [0.5, 0.6) is 0 Å². The summed E-state index contributed by atoms with van der Waals surface area (Å²) in [7, 11) is 1.72. The van der Waals surface area contributed by atoms with E-state index in [4.69, 9.17) is 11.6 Å². The Morgan fingerprint density at radius 3 is 2.00 bits per heavy atom. The monoisotopic (exact) mass is 359 g/mol. The van der Waals surface area contributed by atoms with Crippen molar-refractivity contribution in [2.24, 2.45) is 0 Å². The Bertz CT molecular complexity index is 760. The van der Waals surface area contributed by atoms with Gasteiger partial charge in [-0.3, -0.25) is 14.5 Å². The maximum Gasteiger partial charge on any atom is 0.238 e. The van der Waals surface area contributed by atoms with E-state index in [9.17, 15) is 9.59 Å². The van der Waals surface area contributed by atoms with Gasteiger partial charge in [-0.25, -0.2) is 0 Å². The summed E-state index contributed by atoms with van der Waals surface area (Å²) in [5.74, 6) is -0.372. The van der Waals surface area contributed by atoms with Gasteiger partial charge in [0, 0.05) is 16.4 Å². The number of halogens is 1. The van der Waals surface area contributed by atoms with Crippen molar-refractivity contribution in [2.75, 3.05) is 30.8 Å². The van der Waals surface area contributed by atoms with E-state index in [1.165, 1.54) is 0 Å². The second kappa shape index (κ2) is 8.65. The lowest BCUT2D eigenvalue weighted by atomic mass is 10.2. The first-order chi connectivity index (χ1) is 11.8. The molecule has 0 unspecified atom stereocenters. The summed E-state index contributed by atoms with van der Waals surface area (Å²) in [4.78, 5) is 25.7. The van der Waals surface area contributed by atoms with Crippen LogP contribution >= 0.6 is 11.6 Å². The van der Waals surface area contributed by atoms with Crippen LogP contribution in [0.4, 0.5) is 11.4 Å². The molecule has 2 aromatic carbocycles. The fourth-order valence-electron chi connectivity index (χ4n) is 2.25. The molecule has 0 radical (unpaired) electrons. The SMILES string of the molecule is Cc1ccc(NC(=O)CN(C)CC(=O)Nc2ccc(C)c(Cl)c2)cc1. The number of hydrogen-bond donors (Lipinski definition) is 2. The minimum atomic E-state index is -0.203. The lowest BCUT2D eigenvalue weighted by Gasteiger charge is -2.16. The van der Waals surface area contributed by atoms with Crippen LogP contribution in [0.1, 0.15) is 11.1 Å². The van der Waals surface area contributed by atoms with Crippen molar-refractivity contribution >= 4 is 34.8 Å². The number of amides is 2. The standard InChI is InChI=1S/C19H22ClN3O2/c1-13-4-7-15(8-5-13)21-18(24)11-23(3)12-19(25)22-16-9-6-14(2)17(20)10-16/h4-10H,11-12H2,1-3H3,(H,21,24)(H,22,25). The van der Waals surface area contributed by atoms with Crippen LogP contribution in [-0.4, -0.2) is 36.9 Å². The van der Waals surface area contributed by atoms with Crippen LogP contribution in [0.15, 0.2) is 42.5 Å². The third-order valence-electron chi connectivity index (χ3n) is 3.62. The van der Waals surface area contributed by atoms with Crippen LogP contribution in [-0.2, 0) is 9.59 Å². The summed E-state index contributed by atoms with van der Waals surface area (Å²) < 4.78 is 0. The van der Waals surface area contributed by atoms with Crippen LogP contribution in [0.2, 0.25) is 5.02 Å². The summed E-state index contributed by atoms with van der Waals surface area (Å²) in [6.07, 6.45) is 0. The molecule has 0 aliphatic rings. The molecule has 6 heteroatoms. The number of carbonyl (C=O) groups is 2. The summed E-state index contributed by atoms with van der Waals surface area (Å²) in [6, 6.07) is 12.9. The lowest BCUT2D eigenvalue weighted by molar-refractivity contribution is -0.119. The van der Waals surface area contributed by atoms with Crippen molar-refractivity contribution in [2.45, 2.75) is 13.8 Å². The van der Waals surface area contributed by atoms with Crippen molar-refractivity contribution in [3.8, 4) is 0 Å². The van der Waals surface area contributed by atoms with Gasteiger partial charge in [0.25, 0.3) is 0 Å². The van der Waals surface area contributed by atoms with E-state index < -0.39 is 0 Å².